The van der Waals surface area contributed by atoms with E-state index in [0.29, 0.717) is 5.82 Å². The molecule has 58 heavy (non-hydrogen) atoms. The Kier molecular flexibility index (Phi) is 7.17. The van der Waals surface area contributed by atoms with E-state index in [1.807, 2.05) is 24.3 Å². The van der Waals surface area contributed by atoms with Crippen molar-refractivity contribution in [1.29, 1.82) is 0 Å². The van der Waals surface area contributed by atoms with Crippen molar-refractivity contribution in [2.75, 3.05) is 10.2 Å². The average Bonchev–Trinajstić information content (AvgIpc) is 3.84. The van der Waals surface area contributed by atoms with E-state index in [4.69, 9.17) is 9.97 Å². The molecule has 1 spiro atoms. The van der Waals surface area contributed by atoms with Crippen molar-refractivity contribution in [1.82, 2.24) is 9.97 Å². The fourth-order valence-corrected chi connectivity index (χ4v) is 9.90. The van der Waals surface area contributed by atoms with Crippen molar-refractivity contribution in [2.24, 2.45) is 0 Å². The number of para-hydroxylation sites is 2. The molecule has 3 aliphatic rings. The number of rotatable bonds is 5. The molecule has 0 amide bonds. The predicted octanol–water partition coefficient (Wildman–Crippen LogP) is 13.1. The molecule has 1 aliphatic carbocycles. The summed E-state index contributed by atoms with van der Waals surface area (Å²) in [7, 11) is 0. The Labute approximate surface area is 337 Å². The second kappa shape index (κ2) is 12.7. The number of hydrogen-bond donors (Lipinski definition) is 1. The van der Waals surface area contributed by atoms with Gasteiger partial charge in [0.15, 0.2) is 5.82 Å². The minimum absolute atomic E-state index is 0.0207. The van der Waals surface area contributed by atoms with Gasteiger partial charge < -0.3 is 10.2 Å². The van der Waals surface area contributed by atoms with Gasteiger partial charge >= 0.3 is 0 Å². The van der Waals surface area contributed by atoms with E-state index in [2.05, 4.69) is 192 Å². The summed E-state index contributed by atoms with van der Waals surface area (Å²) in [5.74, 6) is 0.711. The quantitative estimate of drug-likeness (QED) is 0.191. The van der Waals surface area contributed by atoms with Gasteiger partial charge in [0.05, 0.1) is 28.2 Å². The van der Waals surface area contributed by atoms with E-state index in [1.54, 1.807) is 0 Å². The van der Waals surface area contributed by atoms with Crippen molar-refractivity contribution in [3.63, 3.8) is 0 Å². The number of anilines is 3. The summed E-state index contributed by atoms with van der Waals surface area (Å²) in [5.41, 5.74) is 19.3. The van der Waals surface area contributed by atoms with E-state index in [0.717, 1.165) is 39.3 Å². The second-order valence-corrected chi connectivity index (χ2v) is 15.3. The molecule has 3 heterocycles. The zero-order valence-electron chi connectivity index (χ0n) is 31.5. The third-order valence-electron chi connectivity index (χ3n) is 12.3. The highest BCUT2D eigenvalue weighted by Gasteiger charge is 2.54. The van der Waals surface area contributed by atoms with Crippen LogP contribution in [0.15, 0.2) is 206 Å². The van der Waals surface area contributed by atoms with Crippen LogP contribution in [0.25, 0.3) is 56.2 Å². The topological polar surface area (TPSA) is 41.0 Å². The molecule has 1 aromatic heterocycles. The first-order valence-electron chi connectivity index (χ1n) is 20.0. The van der Waals surface area contributed by atoms with Crippen LogP contribution in [0.1, 0.15) is 34.0 Å². The van der Waals surface area contributed by atoms with Gasteiger partial charge in [0.2, 0.25) is 0 Å². The van der Waals surface area contributed by atoms with Crippen LogP contribution in [0.3, 0.4) is 0 Å². The molecule has 12 rings (SSSR count). The maximum Gasteiger partial charge on any atom is 0.160 e. The lowest BCUT2D eigenvalue weighted by Gasteiger charge is -2.44. The molecular weight excluding hydrogens is 705 g/mol. The number of benzene rings is 8. The van der Waals surface area contributed by atoms with Gasteiger partial charge in [-0.15, -0.1) is 0 Å². The van der Waals surface area contributed by atoms with E-state index in [1.165, 1.54) is 55.9 Å². The number of hydrogen-bond acceptors (Lipinski definition) is 4. The highest BCUT2D eigenvalue weighted by Crippen LogP contribution is 2.66. The van der Waals surface area contributed by atoms with Crippen LogP contribution in [0.4, 0.5) is 17.1 Å². The third kappa shape index (κ3) is 4.69. The minimum atomic E-state index is -0.521. The van der Waals surface area contributed by atoms with Gasteiger partial charge in [-0.25, -0.2) is 9.97 Å². The Morgan fingerprint density at radius 3 is 1.81 bits per heavy atom. The predicted molar refractivity (Wildman–Crippen MR) is 236 cm³/mol. The largest absolute Gasteiger partial charge is 0.359 e. The summed E-state index contributed by atoms with van der Waals surface area (Å²) in [5, 5.41) is 3.93. The van der Waals surface area contributed by atoms with Crippen LogP contribution in [0, 0.1) is 0 Å². The Morgan fingerprint density at radius 1 is 0.431 bits per heavy atom. The lowest BCUT2D eigenvalue weighted by atomic mass is 9.64. The fourth-order valence-electron chi connectivity index (χ4n) is 9.90. The molecule has 0 fully saturated rings. The summed E-state index contributed by atoms with van der Waals surface area (Å²) >= 11 is 0. The molecule has 2 unspecified atom stereocenters. The highest BCUT2D eigenvalue weighted by molar-refractivity contribution is 6.02. The molecule has 8 aromatic carbocycles. The number of nitrogens with zero attached hydrogens (tertiary/aromatic N) is 3. The molecular formula is C54H36N4. The van der Waals surface area contributed by atoms with Gasteiger partial charge in [-0.2, -0.15) is 0 Å². The van der Waals surface area contributed by atoms with Crippen LogP contribution in [-0.2, 0) is 5.41 Å². The van der Waals surface area contributed by atoms with Crippen molar-refractivity contribution in [3.05, 3.63) is 234 Å². The lowest BCUT2D eigenvalue weighted by Crippen LogP contribution is -2.37. The molecule has 272 valence electrons. The number of fused-ring (bicyclic) bond motifs is 9. The summed E-state index contributed by atoms with van der Waals surface area (Å²) in [4.78, 5) is 12.8. The van der Waals surface area contributed by atoms with E-state index >= 15 is 0 Å². The van der Waals surface area contributed by atoms with Crippen LogP contribution < -0.4 is 10.2 Å². The summed E-state index contributed by atoms with van der Waals surface area (Å²) in [6, 6.07) is 74.3. The Hall–Kier alpha value is -7.56. The fraction of sp³-hybridized carbons (Fsp3) is 0.0370. The van der Waals surface area contributed by atoms with E-state index in [-0.39, 0.29) is 6.17 Å². The molecule has 0 saturated carbocycles. The van der Waals surface area contributed by atoms with E-state index in [9.17, 15) is 0 Å². The Bertz CT molecular complexity index is 2990. The van der Waals surface area contributed by atoms with Gasteiger partial charge in [-0.05, 0) is 74.3 Å². The van der Waals surface area contributed by atoms with Gasteiger partial charge in [0.1, 0.15) is 6.17 Å². The average molecular weight is 741 g/mol. The first-order chi connectivity index (χ1) is 28.8. The molecule has 1 N–H and O–H groups in total. The van der Waals surface area contributed by atoms with Crippen molar-refractivity contribution in [3.8, 4) is 56.2 Å². The molecule has 4 nitrogen and oxygen atoms in total. The minimum Gasteiger partial charge on any atom is -0.359 e. The Morgan fingerprint density at radius 2 is 1.00 bits per heavy atom. The van der Waals surface area contributed by atoms with Gasteiger partial charge in [0, 0.05) is 22.4 Å². The monoisotopic (exact) mass is 740 g/mol. The zero-order chi connectivity index (χ0) is 38.2. The summed E-state index contributed by atoms with van der Waals surface area (Å²) in [6.07, 6.45) is -0.0207. The number of aromatic nitrogens is 2. The van der Waals surface area contributed by atoms with Crippen molar-refractivity contribution >= 4 is 17.1 Å². The van der Waals surface area contributed by atoms with Crippen LogP contribution in [-0.4, -0.2) is 9.97 Å². The molecule has 0 saturated heterocycles. The zero-order valence-corrected chi connectivity index (χ0v) is 31.5. The molecule has 4 heteroatoms. The van der Waals surface area contributed by atoms with Crippen LogP contribution >= 0.6 is 0 Å². The maximum absolute atomic E-state index is 5.19. The first kappa shape index (κ1) is 32.7. The summed E-state index contributed by atoms with van der Waals surface area (Å²) in [6.45, 7) is 0. The van der Waals surface area contributed by atoms with Crippen LogP contribution in [0.5, 0.6) is 0 Å². The third-order valence-corrected chi connectivity index (χ3v) is 12.3. The normalized spacial score (nSPS) is 16.6. The van der Waals surface area contributed by atoms with Crippen LogP contribution in [0.2, 0.25) is 0 Å². The number of nitrogens with one attached hydrogen (secondary N) is 1. The second-order valence-electron chi connectivity index (χ2n) is 15.3. The van der Waals surface area contributed by atoms with Gasteiger partial charge in [0.25, 0.3) is 0 Å². The molecule has 2 aliphatic heterocycles. The lowest BCUT2D eigenvalue weighted by molar-refractivity contribution is 0.720. The van der Waals surface area contributed by atoms with E-state index < -0.39 is 5.41 Å². The van der Waals surface area contributed by atoms with Crippen molar-refractivity contribution in [2.45, 2.75) is 11.6 Å². The molecule has 9 aromatic rings. The Balaban J connectivity index is 1.07. The van der Waals surface area contributed by atoms with Gasteiger partial charge in [-0.1, -0.05) is 182 Å². The van der Waals surface area contributed by atoms with Crippen molar-refractivity contribution < 1.29 is 0 Å². The standard InChI is InChI=1S/C54H36N4/c1-4-17-35(18-5-1)47-34-48(56-52(55-47)36-19-6-2-7-20-36)39-24-14-23-38(33-39)40-26-15-29-44-50(40)41-25-10-11-27-42(41)54(44)43-28-12-13-32-49(43)58-51-45(54)30-16-31-46(51)57-53(58)37-21-8-3-9-22-37/h1-34,53,57H. The summed E-state index contributed by atoms with van der Waals surface area (Å²) < 4.78 is 0. The highest BCUT2D eigenvalue weighted by atomic mass is 15.3. The first-order valence-corrected chi connectivity index (χ1v) is 20.0. The maximum atomic E-state index is 5.19. The van der Waals surface area contributed by atoms with Gasteiger partial charge in [-0.3, -0.25) is 0 Å². The molecule has 2 atom stereocenters. The SMILES string of the molecule is c1ccc(-c2cc(-c3cccc(-c4cccc5c4-c4ccccc4C54c5ccccc5N5c6c(cccc64)NC5c4ccccc4)c3)nc(-c3ccccc3)n2)cc1. The molecule has 0 radical (unpaired) electrons. The molecule has 0 bridgehead atoms. The smallest absolute Gasteiger partial charge is 0.160 e.